The summed E-state index contributed by atoms with van der Waals surface area (Å²) in [6.07, 6.45) is -4.66. The Morgan fingerprint density at radius 3 is 2.14 bits per heavy atom. The van der Waals surface area contributed by atoms with Gasteiger partial charge in [-0.2, -0.15) is 0 Å². The molecule has 1 aromatic rings. The molecule has 2 radical (unpaired) electrons. The first-order valence-electron chi connectivity index (χ1n) is 3.09. The molecule has 0 aliphatic carbocycles. The number of benzene rings is 1. The predicted molar refractivity (Wildman–Crippen MR) is 45.7 cm³/mol. The van der Waals surface area contributed by atoms with Crippen LogP contribution < -0.4 is 10.2 Å². The highest BCUT2D eigenvalue weighted by molar-refractivity contribution is 6.32. The third-order valence-electron chi connectivity index (χ3n) is 1.09. The van der Waals surface area contributed by atoms with Crippen molar-refractivity contribution < 1.29 is 28.9 Å². The average molecular weight is 208 g/mol. The van der Waals surface area contributed by atoms with Crippen LogP contribution in [-0.2, 0) is 0 Å². The van der Waals surface area contributed by atoms with Crippen LogP contribution in [0.15, 0.2) is 24.3 Å². The van der Waals surface area contributed by atoms with Crippen LogP contribution in [0.4, 0.5) is 13.2 Å². The van der Waals surface area contributed by atoms with Crippen molar-refractivity contribution in [1.29, 1.82) is 0 Å². The Balaban J connectivity index is 0. The fraction of sp³-hybridized carbons (Fsp3) is 0.143. The standard InChI is InChI=1S/C7H4BF3O.2H2O/c8-5-2-1-3-6(4-5)12-7(9,10)11;;/h1-4H;2*1H2. The highest BCUT2D eigenvalue weighted by Gasteiger charge is 2.30. The Hall–Kier alpha value is -1.21. The molecule has 0 aromatic heterocycles. The molecule has 7 heteroatoms. The lowest BCUT2D eigenvalue weighted by atomic mass is 9.96. The maximum absolute atomic E-state index is 11.6. The summed E-state index contributed by atoms with van der Waals surface area (Å²) in [6, 6.07) is 5.15. The molecule has 1 rings (SSSR count). The molecule has 0 heterocycles. The van der Waals surface area contributed by atoms with E-state index in [4.69, 9.17) is 7.85 Å². The van der Waals surface area contributed by atoms with Gasteiger partial charge in [-0.25, -0.2) is 0 Å². The van der Waals surface area contributed by atoms with Gasteiger partial charge in [0.1, 0.15) is 13.6 Å². The molecule has 0 atom stereocenters. The summed E-state index contributed by atoms with van der Waals surface area (Å²) in [4.78, 5) is 0. The molecular formula is C7H8BF3O3. The smallest absolute Gasteiger partial charge is 0.412 e. The van der Waals surface area contributed by atoms with E-state index in [9.17, 15) is 13.2 Å². The SMILES string of the molecule is O.O.[B]c1cccc(OC(F)(F)F)c1. The molecular weight excluding hydrogens is 200 g/mol. The second kappa shape index (κ2) is 5.51. The van der Waals surface area contributed by atoms with Gasteiger partial charge in [-0.3, -0.25) is 0 Å². The predicted octanol–water partition coefficient (Wildman–Crippen LogP) is -0.270. The molecule has 4 N–H and O–H groups in total. The number of ether oxygens (including phenoxy) is 1. The quantitative estimate of drug-likeness (QED) is 0.585. The highest BCUT2D eigenvalue weighted by atomic mass is 19.4. The summed E-state index contributed by atoms with van der Waals surface area (Å²) < 4.78 is 38.4. The largest absolute Gasteiger partial charge is 0.573 e. The Morgan fingerprint density at radius 1 is 1.14 bits per heavy atom. The molecule has 1 aromatic carbocycles. The molecule has 14 heavy (non-hydrogen) atoms. The fourth-order valence-electron chi connectivity index (χ4n) is 0.712. The van der Waals surface area contributed by atoms with Gasteiger partial charge in [0.2, 0.25) is 0 Å². The van der Waals surface area contributed by atoms with Crippen LogP contribution in [0, 0.1) is 0 Å². The lowest BCUT2D eigenvalue weighted by molar-refractivity contribution is -0.274. The van der Waals surface area contributed by atoms with Crippen molar-refractivity contribution in [1.82, 2.24) is 0 Å². The molecule has 0 bridgehead atoms. The van der Waals surface area contributed by atoms with Gasteiger partial charge in [-0.1, -0.05) is 17.6 Å². The summed E-state index contributed by atoms with van der Waals surface area (Å²) in [6.45, 7) is 0. The van der Waals surface area contributed by atoms with Crippen molar-refractivity contribution in [3.63, 3.8) is 0 Å². The van der Waals surface area contributed by atoms with Gasteiger partial charge in [-0.05, 0) is 12.1 Å². The third kappa shape index (κ3) is 5.44. The normalized spacial score (nSPS) is 9.64. The number of hydrogen-bond acceptors (Lipinski definition) is 1. The van der Waals surface area contributed by atoms with Gasteiger partial charge in [0, 0.05) is 0 Å². The van der Waals surface area contributed by atoms with E-state index < -0.39 is 6.36 Å². The van der Waals surface area contributed by atoms with Crippen molar-refractivity contribution >= 4 is 13.3 Å². The minimum atomic E-state index is -4.66. The number of halogens is 3. The van der Waals surface area contributed by atoms with Crippen LogP contribution in [0.2, 0.25) is 0 Å². The Bertz CT molecular complexity index is 277. The first-order valence-corrected chi connectivity index (χ1v) is 3.09. The second-order valence-corrected chi connectivity index (χ2v) is 2.12. The van der Waals surface area contributed by atoms with E-state index >= 15 is 0 Å². The third-order valence-corrected chi connectivity index (χ3v) is 1.09. The molecule has 0 spiro atoms. The van der Waals surface area contributed by atoms with Gasteiger partial charge >= 0.3 is 6.36 Å². The number of hydrogen-bond donors (Lipinski definition) is 0. The van der Waals surface area contributed by atoms with Crippen LogP contribution in [0.25, 0.3) is 0 Å². The van der Waals surface area contributed by atoms with Crippen molar-refractivity contribution in [3.05, 3.63) is 24.3 Å². The lowest BCUT2D eigenvalue weighted by Crippen LogP contribution is -2.18. The zero-order chi connectivity index (χ0) is 9.19. The van der Waals surface area contributed by atoms with Gasteiger partial charge in [0.05, 0.1) is 0 Å². The van der Waals surface area contributed by atoms with Crippen LogP contribution in [-0.4, -0.2) is 25.2 Å². The zero-order valence-electron chi connectivity index (χ0n) is 6.93. The van der Waals surface area contributed by atoms with Gasteiger partial charge in [0.15, 0.2) is 0 Å². The molecule has 0 saturated heterocycles. The molecule has 0 unspecified atom stereocenters. The molecule has 78 valence electrons. The van der Waals surface area contributed by atoms with Crippen molar-refractivity contribution in [3.8, 4) is 5.75 Å². The highest BCUT2D eigenvalue weighted by Crippen LogP contribution is 2.20. The summed E-state index contributed by atoms with van der Waals surface area (Å²) in [7, 11) is 5.23. The maximum Gasteiger partial charge on any atom is 0.573 e. The van der Waals surface area contributed by atoms with E-state index in [-0.39, 0.29) is 22.2 Å². The summed E-state index contributed by atoms with van der Waals surface area (Å²) in [5.41, 5.74) is 0.233. The van der Waals surface area contributed by atoms with Crippen molar-refractivity contribution in [2.75, 3.05) is 0 Å². The van der Waals surface area contributed by atoms with Gasteiger partial charge in [-0.15, -0.1) is 13.2 Å². The van der Waals surface area contributed by atoms with Crippen LogP contribution in [0.1, 0.15) is 0 Å². The second-order valence-electron chi connectivity index (χ2n) is 2.12. The van der Waals surface area contributed by atoms with E-state index in [2.05, 4.69) is 4.74 Å². The van der Waals surface area contributed by atoms with Crippen molar-refractivity contribution in [2.45, 2.75) is 6.36 Å². The molecule has 0 amide bonds. The Kier molecular flexibility index (Phi) is 6.01. The lowest BCUT2D eigenvalue weighted by Gasteiger charge is -2.08. The first-order chi connectivity index (χ1) is 5.47. The van der Waals surface area contributed by atoms with Gasteiger partial charge in [0.25, 0.3) is 0 Å². The summed E-state index contributed by atoms with van der Waals surface area (Å²) in [5.74, 6) is -0.303. The van der Waals surface area contributed by atoms with Crippen molar-refractivity contribution in [2.24, 2.45) is 0 Å². The number of alkyl halides is 3. The van der Waals surface area contributed by atoms with Crippen LogP contribution >= 0.6 is 0 Å². The van der Waals surface area contributed by atoms with E-state index in [0.717, 1.165) is 6.07 Å². The van der Waals surface area contributed by atoms with E-state index in [0.29, 0.717) is 0 Å². The molecule has 3 nitrogen and oxygen atoms in total. The fourth-order valence-corrected chi connectivity index (χ4v) is 0.712. The van der Waals surface area contributed by atoms with Crippen LogP contribution in [0.3, 0.4) is 0 Å². The van der Waals surface area contributed by atoms with Crippen LogP contribution in [0.5, 0.6) is 5.75 Å². The number of rotatable bonds is 1. The molecule has 0 fully saturated rings. The Morgan fingerprint density at radius 2 is 1.71 bits per heavy atom. The molecule has 0 saturated carbocycles. The summed E-state index contributed by atoms with van der Waals surface area (Å²) >= 11 is 0. The first kappa shape index (κ1) is 15.3. The monoisotopic (exact) mass is 208 g/mol. The molecule has 0 aliphatic rings. The summed E-state index contributed by atoms with van der Waals surface area (Å²) in [5, 5.41) is 0. The minimum absolute atomic E-state index is 0. The van der Waals surface area contributed by atoms with E-state index in [1.54, 1.807) is 0 Å². The topological polar surface area (TPSA) is 72.2 Å². The Labute approximate surface area is 79.5 Å². The maximum atomic E-state index is 11.6. The van der Waals surface area contributed by atoms with E-state index in [1.807, 2.05) is 0 Å². The zero-order valence-corrected chi connectivity index (χ0v) is 6.93. The molecule has 0 aliphatic heterocycles. The average Bonchev–Trinajstić information content (AvgIpc) is 1.82. The minimum Gasteiger partial charge on any atom is -0.412 e. The van der Waals surface area contributed by atoms with Gasteiger partial charge < -0.3 is 15.7 Å². The van der Waals surface area contributed by atoms with E-state index in [1.165, 1.54) is 18.2 Å².